The average molecular weight is 278 g/mol. The van der Waals surface area contributed by atoms with Gasteiger partial charge >= 0.3 is 0 Å². The van der Waals surface area contributed by atoms with E-state index in [0.717, 1.165) is 38.0 Å². The van der Waals surface area contributed by atoms with Gasteiger partial charge in [0.2, 0.25) is 0 Å². The maximum Gasteiger partial charge on any atom is 0.119 e. The van der Waals surface area contributed by atoms with Crippen LogP contribution in [0.5, 0.6) is 5.75 Å². The lowest BCUT2D eigenvalue weighted by Crippen LogP contribution is -2.30. The number of benzene rings is 1. The Morgan fingerprint density at radius 1 is 1.05 bits per heavy atom. The van der Waals surface area contributed by atoms with Gasteiger partial charge in [0.15, 0.2) is 0 Å². The fraction of sp³-hybridized carbons (Fsp3) is 0.647. The molecule has 0 unspecified atom stereocenters. The Kier molecular flexibility index (Phi) is 6.34. The van der Waals surface area contributed by atoms with Gasteiger partial charge in [-0.2, -0.15) is 0 Å². The number of unbranched alkanes of at least 4 members (excludes halogenated alkanes) is 1. The SMILES string of the molecule is CCCCOc1ccc([C@@H]2CO[C@@H](CCC)CO2)cc1. The second kappa shape index (κ2) is 8.28. The van der Waals surface area contributed by atoms with E-state index in [9.17, 15) is 0 Å². The van der Waals surface area contributed by atoms with Crippen LogP contribution < -0.4 is 4.74 Å². The Balaban J connectivity index is 1.81. The number of hydrogen-bond acceptors (Lipinski definition) is 3. The second-order valence-corrected chi connectivity index (χ2v) is 5.34. The minimum atomic E-state index is 0.0628. The van der Waals surface area contributed by atoms with E-state index in [4.69, 9.17) is 14.2 Å². The lowest BCUT2D eigenvalue weighted by atomic mass is 10.1. The normalized spacial score (nSPS) is 22.7. The Morgan fingerprint density at radius 3 is 2.45 bits per heavy atom. The summed E-state index contributed by atoms with van der Waals surface area (Å²) in [6.45, 7) is 6.48. The Morgan fingerprint density at radius 2 is 1.85 bits per heavy atom. The molecule has 2 rings (SSSR count). The van der Waals surface area contributed by atoms with Gasteiger partial charge in [0.1, 0.15) is 11.9 Å². The molecule has 0 radical (unpaired) electrons. The summed E-state index contributed by atoms with van der Waals surface area (Å²) < 4.78 is 17.4. The molecule has 1 aromatic rings. The lowest BCUT2D eigenvalue weighted by Gasteiger charge is -2.29. The molecule has 0 aliphatic carbocycles. The van der Waals surface area contributed by atoms with E-state index < -0.39 is 0 Å². The molecule has 0 spiro atoms. The van der Waals surface area contributed by atoms with E-state index in [0.29, 0.717) is 13.2 Å². The third-order valence-corrected chi connectivity index (χ3v) is 3.60. The first-order valence-corrected chi connectivity index (χ1v) is 7.79. The lowest BCUT2D eigenvalue weighted by molar-refractivity contribution is -0.137. The molecular formula is C17H26O3. The van der Waals surface area contributed by atoms with Crippen molar-refractivity contribution in [2.45, 2.75) is 51.7 Å². The summed E-state index contributed by atoms with van der Waals surface area (Å²) in [5.41, 5.74) is 1.17. The van der Waals surface area contributed by atoms with Crippen molar-refractivity contribution in [2.75, 3.05) is 19.8 Å². The highest BCUT2D eigenvalue weighted by molar-refractivity contribution is 5.28. The van der Waals surface area contributed by atoms with Gasteiger partial charge in [0.05, 0.1) is 25.9 Å². The van der Waals surface area contributed by atoms with Crippen LogP contribution in [-0.4, -0.2) is 25.9 Å². The molecule has 0 bridgehead atoms. The molecule has 112 valence electrons. The van der Waals surface area contributed by atoms with Gasteiger partial charge in [-0.05, 0) is 30.5 Å². The molecule has 0 amide bonds. The predicted molar refractivity (Wildman–Crippen MR) is 80.2 cm³/mol. The molecule has 1 aromatic carbocycles. The molecule has 0 aromatic heterocycles. The Labute approximate surface area is 122 Å². The van der Waals surface area contributed by atoms with Crippen LogP contribution in [0.3, 0.4) is 0 Å². The smallest absolute Gasteiger partial charge is 0.119 e. The van der Waals surface area contributed by atoms with Crippen LogP contribution in [0.15, 0.2) is 24.3 Å². The van der Waals surface area contributed by atoms with E-state index in [2.05, 4.69) is 26.0 Å². The van der Waals surface area contributed by atoms with E-state index in [1.54, 1.807) is 0 Å². The van der Waals surface area contributed by atoms with Crippen molar-refractivity contribution in [3.63, 3.8) is 0 Å². The van der Waals surface area contributed by atoms with Crippen molar-refractivity contribution < 1.29 is 14.2 Å². The van der Waals surface area contributed by atoms with Gasteiger partial charge in [-0.1, -0.05) is 38.8 Å². The Bertz CT molecular complexity index is 366. The van der Waals surface area contributed by atoms with Gasteiger partial charge in [0, 0.05) is 0 Å². The standard InChI is InChI=1S/C17H26O3/c1-3-5-11-18-15-9-7-14(8-10-15)17-13-19-16(6-4-2)12-20-17/h7-10,16-17H,3-6,11-13H2,1-2H3/t16-,17-/m0/s1. The molecule has 1 saturated heterocycles. The first kappa shape index (κ1) is 15.3. The van der Waals surface area contributed by atoms with Crippen LogP contribution in [0, 0.1) is 0 Å². The van der Waals surface area contributed by atoms with Crippen LogP contribution in [0.2, 0.25) is 0 Å². The number of ether oxygens (including phenoxy) is 3. The van der Waals surface area contributed by atoms with Crippen LogP contribution in [0.4, 0.5) is 0 Å². The molecule has 0 saturated carbocycles. The zero-order valence-electron chi connectivity index (χ0n) is 12.6. The molecule has 3 heteroatoms. The fourth-order valence-corrected chi connectivity index (χ4v) is 2.34. The topological polar surface area (TPSA) is 27.7 Å². The third-order valence-electron chi connectivity index (χ3n) is 3.60. The van der Waals surface area contributed by atoms with Crippen molar-refractivity contribution >= 4 is 0 Å². The molecule has 1 heterocycles. The first-order valence-electron chi connectivity index (χ1n) is 7.79. The summed E-state index contributed by atoms with van der Waals surface area (Å²) in [6.07, 6.45) is 4.81. The molecule has 2 atom stereocenters. The van der Waals surface area contributed by atoms with Crippen molar-refractivity contribution in [3.05, 3.63) is 29.8 Å². The third kappa shape index (κ3) is 4.50. The van der Waals surface area contributed by atoms with Gasteiger partial charge in [-0.3, -0.25) is 0 Å². The highest BCUT2D eigenvalue weighted by Gasteiger charge is 2.22. The maximum absolute atomic E-state index is 5.90. The first-order chi connectivity index (χ1) is 9.83. The number of hydrogen-bond donors (Lipinski definition) is 0. The van der Waals surface area contributed by atoms with E-state index in [-0.39, 0.29) is 12.2 Å². The van der Waals surface area contributed by atoms with Crippen LogP contribution in [0.1, 0.15) is 51.2 Å². The summed E-state index contributed by atoms with van der Waals surface area (Å²) in [6, 6.07) is 8.20. The summed E-state index contributed by atoms with van der Waals surface area (Å²) in [5.74, 6) is 0.933. The molecule has 3 nitrogen and oxygen atoms in total. The average Bonchev–Trinajstić information content (AvgIpc) is 2.49. The van der Waals surface area contributed by atoms with Gasteiger partial charge < -0.3 is 14.2 Å². The van der Waals surface area contributed by atoms with Gasteiger partial charge in [-0.15, -0.1) is 0 Å². The molecular weight excluding hydrogens is 252 g/mol. The molecule has 1 aliphatic heterocycles. The monoisotopic (exact) mass is 278 g/mol. The highest BCUT2D eigenvalue weighted by Crippen LogP contribution is 2.26. The van der Waals surface area contributed by atoms with Crippen molar-refractivity contribution in [1.29, 1.82) is 0 Å². The van der Waals surface area contributed by atoms with Crippen molar-refractivity contribution in [3.8, 4) is 5.75 Å². The molecule has 0 N–H and O–H groups in total. The largest absolute Gasteiger partial charge is 0.494 e. The van der Waals surface area contributed by atoms with E-state index >= 15 is 0 Å². The van der Waals surface area contributed by atoms with Gasteiger partial charge in [0.25, 0.3) is 0 Å². The molecule has 1 fully saturated rings. The maximum atomic E-state index is 5.90. The van der Waals surface area contributed by atoms with Crippen molar-refractivity contribution in [1.82, 2.24) is 0 Å². The minimum absolute atomic E-state index is 0.0628. The zero-order chi connectivity index (χ0) is 14.2. The Hall–Kier alpha value is -1.06. The van der Waals surface area contributed by atoms with Crippen LogP contribution in [-0.2, 0) is 9.47 Å². The van der Waals surface area contributed by atoms with E-state index in [1.807, 2.05) is 12.1 Å². The summed E-state index contributed by atoms with van der Waals surface area (Å²) in [5, 5.41) is 0. The minimum Gasteiger partial charge on any atom is -0.494 e. The van der Waals surface area contributed by atoms with Crippen molar-refractivity contribution in [2.24, 2.45) is 0 Å². The summed E-state index contributed by atoms with van der Waals surface area (Å²) in [7, 11) is 0. The summed E-state index contributed by atoms with van der Waals surface area (Å²) >= 11 is 0. The second-order valence-electron chi connectivity index (χ2n) is 5.34. The fourth-order valence-electron chi connectivity index (χ4n) is 2.34. The van der Waals surface area contributed by atoms with Crippen LogP contribution in [0.25, 0.3) is 0 Å². The summed E-state index contributed by atoms with van der Waals surface area (Å²) in [4.78, 5) is 0. The molecule has 1 aliphatic rings. The molecule has 20 heavy (non-hydrogen) atoms. The highest BCUT2D eigenvalue weighted by atomic mass is 16.6. The number of rotatable bonds is 7. The van der Waals surface area contributed by atoms with Gasteiger partial charge in [-0.25, -0.2) is 0 Å². The predicted octanol–water partition coefficient (Wildman–Crippen LogP) is 4.12. The quantitative estimate of drug-likeness (QED) is 0.702. The van der Waals surface area contributed by atoms with E-state index in [1.165, 1.54) is 5.56 Å². The zero-order valence-corrected chi connectivity index (χ0v) is 12.6. The van der Waals surface area contributed by atoms with Crippen LogP contribution >= 0.6 is 0 Å².